The van der Waals surface area contributed by atoms with Gasteiger partial charge in [-0.05, 0) is 18.9 Å². The van der Waals surface area contributed by atoms with Crippen LogP contribution in [0.3, 0.4) is 0 Å². The molecule has 0 amide bonds. The lowest BCUT2D eigenvalue weighted by molar-refractivity contribution is -0.160. The summed E-state index contributed by atoms with van der Waals surface area (Å²) in [5.41, 5.74) is 1.20. The predicted octanol–water partition coefficient (Wildman–Crippen LogP) is -0.925. The number of anilines is 1. The molecule has 1 aliphatic heterocycles. The molecule has 0 aromatic carbocycles. The Morgan fingerprint density at radius 3 is 2.94 bits per heavy atom. The zero-order chi connectivity index (χ0) is 13.1. The summed E-state index contributed by atoms with van der Waals surface area (Å²) in [6.07, 6.45) is 0.316. The third-order valence-corrected chi connectivity index (χ3v) is 2.91. The summed E-state index contributed by atoms with van der Waals surface area (Å²) >= 11 is 0. The molecule has 18 heavy (non-hydrogen) atoms. The van der Waals surface area contributed by atoms with Gasteiger partial charge in [0.05, 0.1) is 12.7 Å². The van der Waals surface area contributed by atoms with Crippen LogP contribution in [-0.2, 0) is 4.74 Å². The van der Waals surface area contributed by atoms with Crippen molar-refractivity contribution in [3.8, 4) is 0 Å². The van der Waals surface area contributed by atoms with E-state index in [0.29, 0.717) is 12.8 Å². The van der Waals surface area contributed by atoms with E-state index in [2.05, 4.69) is 4.98 Å². The Balaban J connectivity index is 2.19. The van der Waals surface area contributed by atoms with Crippen LogP contribution in [0.4, 0.5) is 5.82 Å². The van der Waals surface area contributed by atoms with Gasteiger partial charge in [-0.1, -0.05) is 0 Å². The molecule has 1 aromatic rings. The number of ether oxygens (including phenoxy) is 1. The van der Waals surface area contributed by atoms with Crippen molar-refractivity contribution in [1.29, 1.82) is 0 Å². The van der Waals surface area contributed by atoms with E-state index in [9.17, 15) is 9.90 Å². The maximum atomic E-state index is 11.7. The molecular weight excluding hydrogens is 242 g/mol. The first-order valence-corrected chi connectivity index (χ1v) is 5.59. The lowest BCUT2D eigenvalue weighted by Crippen LogP contribution is -2.42. The Kier molecular flexibility index (Phi) is 3.92. The summed E-state index contributed by atoms with van der Waals surface area (Å²) < 4.78 is 6.69. The van der Waals surface area contributed by atoms with Crippen molar-refractivity contribution >= 4 is 5.82 Å². The van der Waals surface area contributed by atoms with Crippen LogP contribution in [-0.4, -0.2) is 43.8 Å². The fraction of sp³-hybridized carbons (Fsp3) is 0.600. The van der Waals surface area contributed by atoms with Gasteiger partial charge in [0.25, 0.3) is 0 Å². The maximum absolute atomic E-state index is 11.7. The molecule has 0 bridgehead atoms. The second-order valence-corrected chi connectivity index (χ2v) is 4.07. The summed E-state index contributed by atoms with van der Waals surface area (Å²) in [5.74, 6) is 0.0470. The number of aliphatic hydroxyl groups is 2. The quantitative estimate of drug-likeness (QED) is 0.517. The van der Waals surface area contributed by atoms with Gasteiger partial charge in [-0.2, -0.15) is 4.98 Å². The minimum absolute atomic E-state index is 0.0470. The summed E-state index contributed by atoms with van der Waals surface area (Å²) in [5, 5.41) is 27.2. The molecule has 2 heterocycles. The molecule has 4 N–H and O–H groups in total. The van der Waals surface area contributed by atoms with Crippen LogP contribution in [0.25, 0.3) is 0 Å². The van der Waals surface area contributed by atoms with Crippen LogP contribution in [0.5, 0.6) is 0 Å². The predicted molar refractivity (Wildman–Crippen MR) is 60.1 cm³/mol. The van der Waals surface area contributed by atoms with E-state index >= 15 is 0 Å². The zero-order valence-electron chi connectivity index (χ0n) is 9.56. The normalized spacial score (nSPS) is 28.1. The van der Waals surface area contributed by atoms with Crippen molar-refractivity contribution in [2.75, 3.05) is 12.1 Å². The zero-order valence-corrected chi connectivity index (χ0v) is 9.56. The second kappa shape index (κ2) is 5.44. The van der Waals surface area contributed by atoms with Crippen molar-refractivity contribution < 1.29 is 20.2 Å². The highest BCUT2D eigenvalue weighted by atomic mass is 16.5. The molecule has 1 aliphatic rings. The summed E-state index contributed by atoms with van der Waals surface area (Å²) in [7, 11) is 0. The first kappa shape index (κ1) is 13.0. The molecule has 1 fully saturated rings. The third kappa shape index (κ3) is 2.51. The highest BCUT2D eigenvalue weighted by Gasteiger charge is 2.30. The monoisotopic (exact) mass is 257 g/mol. The molecular formula is C10H15N3O5. The number of aromatic nitrogens is 2. The van der Waals surface area contributed by atoms with Gasteiger partial charge in [0.2, 0.25) is 0 Å². The van der Waals surface area contributed by atoms with Gasteiger partial charge in [0.15, 0.2) is 5.82 Å². The van der Waals surface area contributed by atoms with Crippen LogP contribution in [0.1, 0.15) is 19.1 Å². The van der Waals surface area contributed by atoms with Crippen LogP contribution in [0.15, 0.2) is 17.1 Å². The first-order valence-electron chi connectivity index (χ1n) is 5.59. The van der Waals surface area contributed by atoms with E-state index in [1.807, 2.05) is 0 Å². The molecule has 0 unspecified atom stereocenters. The summed E-state index contributed by atoms with van der Waals surface area (Å²) in [6, 6.07) is 1.42. The maximum Gasteiger partial charge on any atom is 0.351 e. The highest BCUT2D eigenvalue weighted by Crippen LogP contribution is 2.25. The largest absolute Gasteiger partial charge is 0.394 e. The van der Waals surface area contributed by atoms with Gasteiger partial charge < -0.3 is 14.9 Å². The smallest absolute Gasteiger partial charge is 0.351 e. The van der Waals surface area contributed by atoms with Gasteiger partial charge in [-0.3, -0.25) is 15.3 Å². The van der Waals surface area contributed by atoms with Crippen LogP contribution in [0.2, 0.25) is 0 Å². The Hall–Kier alpha value is -1.48. The number of hydrogen-bond acceptors (Lipinski definition) is 7. The molecule has 2 rings (SSSR count). The first-order chi connectivity index (χ1) is 8.65. The van der Waals surface area contributed by atoms with Crippen molar-refractivity contribution in [3.05, 3.63) is 22.7 Å². The van der Waals surface area contributed by atoms with E-state index in [4.69, 9.17) is 15.1 Å². The van der Waals surface area contributed by atoms with Gasteiger partial charge in [-0.15, -0.1) is 0 Å². The van der Waals surface area contributed by atoms with E-state index in [-0.39, 0.29) is 12.4 Å². The molecule has 0 spiro atoms. The standard InChI is InChI=1S/C10H15N3O5/c14-5-7-6(15)1-2-9(18-7)13-4-3-8(12-17)11-10(13)16/h3-4,6-7,9,14-15,17H,1-2,5H2,(H,11,12,16)/t6-,7+,9+/m1/s1. The SMILES string of the molecule is O=c1nc(NO)ccn1[C@@H]1CC[C@@H](O)[C@H](CO)O1. The van der Waals surface area contributed by atoms with E-state index < -0.39 is 24.1 Å². The molecule has 8 nitrogen and oxygen atoms in total. The average molecular weight is 257 g/mol. The second-order valence-electron chi connectivity index (χ2n) is 4.07. The fourth-order valence-electron chi connectivity index (χ4n) is 1.92. The summed E-state index contributed by atoms with van der Waals surface area (Å²) in [6.45, 7) is -0.309. The Morgan fingerprint density at radius 1 is 1.56 bits per heavy atom. The lowest BCUT2D eigenvalue weighted by atomic mass is 10.0. The third-order valence-electron chi connectivity index (χ3n) is 2.91. The Bertz CT molecular complexity index is 463. The van der Waals surface area contributed by atoms with Crippen molar-refractivity contribution in [1.82, 2.24) is 9.55 Å². The van der Waals surface area contributed by atoms with E-state index in [0.717, 1.165) is 0 Å². The van der Waals surface area contributed by atoms with Crippen LogP contribution in [0, 0.1) is 0 Å². The molecule has 1 saturated heterocycles. The highest BCUT2D eigenvalue weighted by molar-refractivity contribution is 5.27. The van der Waals surface area contributed by atoms with Crippen LogP contribution >= 0.6 is 0 Å². The van der Waals surface area contributed by atoms with Crippen molar-refractivity contribution in [2.45, 2.75) is 31.3 Å². The minimum Gasteiger partial charge on any atom is -0.394 e. The van der Waals surface area contributed by atoms with Crippen LogP contribution < -0.4 is 11.2 Å². The molecule has 3 atom stereocenters. The number of aliphatic hydroxyl groups excluding tert-OH is 2. The Labute approximate surface area is 102 Å². The summed E-state index contributed by atoms with van der Waals surface area (Å²) in [4.78, 5) is 15.2. The van der Waals surface area contributed by atoms with E-state index in [1.54, 1.807) is 5.48 Å². The van der Waals surface area contributed by atoms with Crippen molar-refractivity contribution in [3.63, 3.8) is 0 Å². The number of nitrogens with one attached hydrogen (secondary N) is 1. The molecule has 0 aliphatic carbocycles. The lowest BCUT2D eigenvalue weighted by Gasteiger charge is -2.33. The molecule has 1 aromatic heterocycles. The van der Waals surface area contributed by atoms with E-state index in [1.165, 1.54) is 16.8 Å². The average Bonchev–Trinajstić information content (AvgIpc) is 2.39. The Morgan fingerprint density at radius 2 is 2.33 bits per heavy atom. The molecule has 8 heteroatoms. The van der Waals surface area contributed by atoms with Gasteiger partial charge in [0, 0.05) is 6.20 Å². The molecule has 0 saturated carbocycles. The minimum atomic E-state index is -0.728. The molecule has 100 valence electrons. The fourth-order valence-corrected chi connectivity index (χ4v) is 1.92. The van der Waals surface area contributed by atoms with Gasteiger partial charge in [0.1, 0.15) is 12.3 Å². The topological polar surface area (TPSA) is 117 Å². The van der Waals surface area contributed by atoms with Gasteiger partial charge in [-0.25, -0.2) is 4.79 Å². The van der Waals surface area contributed by atoms with Gasteiger partial charge >= 0.3 is 5.69 Å². The number of hydrogen-bond donors (Lipinski definition) is 4. The molecule has 0 radical (unpaired) electrons. The number of nitrogens with zero attached hydrogens (tertiary/aromatic N) is 2. The number of rotatable bonds is 3. The van der Waals surface area contributed by atoms with Crippen molar-refractivity contribution in [2.24, 2.45) is 0 Å².